The van der Waals surface area contributed by atoms with Crippen molar-refractivity contribution in [3.63, 3.8) is 0 Å². The molecule has 0 aromatic carbocycles. The van der Waals surface area contributed by atoms with Gasteiger partial charge >= 0.3 is 0 Å². The minimum atomic E-state index is 0.0117. The third-order valence-electron chi connectivity index (χ3n) is 2.32. The first kappa shape index (κ1) is 14.2. The molecule has 0 radical (unpaired) electrons. The highest BCUT2D eigenvalue weighted by Crippen LogP contribution is 2.09. The maximum Gasteiger partial charge on any atom is 0.224 e. The van der Waals surface area contributed by atoms with Crippen LogP contribution in [0.15, 0.2) is 6.07 Å². The van der Waals surface area contributed by atoms with Gasteiger partial charge < -0.3 is 16.0 Å². The maximum absolute atomic E-state index is 11.1. The number of carbonyl (C=O) groups is 1. The van der Waals surface area contributed by atoms with Crippen molar-refractivity contribution in [1.82, 2.24) is 15.3 Å². The van der Waals surface area contributed by atoms with Gasteiger partial charge in [-0.05, 0) is 13.3 Å². The highest BCUT2D eigenvalue weighted by Gasteiger charge is 2.02. The Hall–Kier alpha value is -1.85. The van der Waals surface area contributed by atoms with Gasteiger partial charge in [0.2, 0.25) is 11.9 Å². The topological polar surface area (TPSA) is 78.9 Å². The van der Waals surface area contributed by atoms with Gasteiger partial charge in [-0.1, -0.05) is 6.92 Å². The Labute approximate surface area is 108 Å². The SMILES string of the molecule is CCCNc1nc(C)cc(NCCC(=O)NC)n1. The van der Waals surface area contributed by atoms with Crippen molar-refractivity contribution < 1.29 is 4.79 Å². The van der Waals surface area contributed by atoms with Crippen molar-refractivity contribution >= 4 is 17.7 Å². The Bertz CT molecular complexity index is 394. The van der Waals surface area contributed by atoms with Crippen LogP contribution >= 0.6 is 0 Å². The Morgan fingerprint density at radius 3 is 2.72 bits per heavy atom. The summed E-state index contributed by atoms with van der Waals surface area (Å²) < 4.78 is 0. The van der Waals surface area contributed by atoms with Gasteiger partial charge in [-0.2, -0.15) is 4.98 Å². The van der Waals surface area contributed by atoms with Crippen LogP contribution in [-0.4, -0.2) is 36.0 Å². The molecule has 0 aliphatic carbocycles. The van der Waals surface area contributed by atoms with E-state index in [-0.39, 0.29) is 5.91 Å². The fourth-order valence-electron chi connectivity index (χ4n) is 1.40. The zero-order valence-corrected chi connectivity index (χ0v) is 11.2. The summed E-state index contributed by atoms with van der Waals surface area (Å²) in [6.45, 7) is 5.42. The van der Waals surface area contributed by atoms with Crippen LogP contribution in [0.4, 0.5) is 11.8 Å². The summed E-state index contributed by atoms with van der Waals surface area (Å²) in [5.74, 6) is 1.38. The van der Waals surface area contributed by atoms with Crippen LogP contribution in [0, 0.1) is 6.92 Å². The Morgan fingerprint density at radius 2 is 2.06 bits per heavy atom. The standard InChI is InChI=1S/C12H21N5O/c1-4-6-15-12-16-9(2)8-10(17-12)14-7-5-11(18)13-3/h8H,4-7H2,1-3H3,(H,13,18)(H2,14,15,16,17). The van der Waals surface area contributed by atoms with Gasteiger partial charge in [0, 0.05) is 38.3 Å². The lowest BCUT2D eigenvalue weighted by Gasteiger charge is -2.09. The first-order valence-corrected chi connectivity index (χ1v) is 6.19. The average molecular weight is 251 g/mol. The van der Waals surface area contributed by atoms with Crippen LogP contribution in [0.5, 0.6) is 0 Å². The molecule has 0 saturated heterocycles. The molecule has 1 rings (SSSR count). The van der Waals surface area contributed by atoms with Crippen molar-refractivity contribution in [2.24, 2.45) is 0 Å². The maximum atomic E-state index is 11.1. The smallest absolute Gasteiger partial charge is 0.224 e. The molecule has 0 fully saturated rings. The molecule has 1 aromatic heterocycles. The van der Waals surface area contributed by atoms with Crippen molar-refractivity contribution in [2.75, 3.05) is 30.8 Å². The molecule has 0 spiro atoms. The van der Waals surface area contributed by atoms with Gasteiger partial charge in [0.1, 0.15) is 5.82 Å². The molecule has 0 bridgehead atoms. The summed E-state index contributed by atoms with van der Waals surface area (Å²) >= 11 is 0. The predicted octanol–water partition coefficient (Wildman–Crippen LogP) is 1.15. The molecule has 0 saturated carbocycles. The molecular formula is C12H21N5O. The number of amides is 1. The van der Waals surface area contributed by atoms with Gasteiger partial charge in [-0.25, -0.2) is 4.98 Å². The summed E-state index contributed by atoms with van der Waals surface area (Å²) in [5.41, 5.74) is 0.894. The fraction of sp³-hybridized carbons (Fsp3) is 0.583. The molecule has 1 heterocycles. The van der Waals surface area contributed by atoms with Crippen LogP contribution < -0.4 is 16.0 Å². The molecule has 3 N–H and O–H groups in total. The number of nitrogens with one attached hydrogen (secondary N) is 3. The number of nitrogens with zero attached hydrogens (tertiary/aromatic N) is 2. The first-order chi connectivity index (χ1) is 8.65. The van der Waals surface area contributed by atoms with Gasteiger partial charge in [-0.15, -0.1) is 0 Å². The second-order valence-corrected chi connectivity index (χ2v) is 3.99. The fourth-order valence-corrected chi connectivity index (χ4v) is 1.40. The monoisotopic (exact) mass is 251 g/mol. The lowest BCUT2D eigenvalue weighted by atomic mass is 10.3. The molecule has 0 aliphatic rings. The van der Waals surface area contributed by atoms with E-state index in [0.717, 1.165) is 24.5 Å². The number of hydrogen-bond donors (Lipinski definition) is 3. The van der Waals surface area contributed by atoms with E-state index in [0.29, 0.717) is 18.9 Å². The molecule has 6 nitrogen and oxygen atoms in total. The third kappa shape index (κ3) is 4.99. The molecule has 100 valence electrons. The number of hydrogen-bond acceptors (Lipinski definition) is 5. The van der Waals surface area contributed by atoms with E-state index in [1.54, 1.807) is 7.05 Å². The normalized spacial score (nSPS) is 9.94. The van der Waals surface area contributed by atoms with Gasteiger partial charge in [0.05, 0.1) is 0 Å². The van der Waals surface area contributed by atoms with Crippen molar-refractivity contribution in [3.8, 4) is 0 Å². The second-order valence-electron chi connectivity index (χ2n) is 3.99. The Balaban J connectivity index is 2.54. The number of carbonyl (C=O) groups excluding carboxylic acids is 1. The summed E-state index contributed by atoms with van der Waals surface area (Å²) in [5, 5.41) is 8.84. The van der Waals surface area contributed by atoms with E-state index in [1.807, 2.05) is 13.0 Å². The van der Waals surface area contributed by atoms with Crippen LogP contribution in [0.3, 0.4) is 0 Å². The lowest BCUT2D eigenvalue weighted by molar-refractivity contribution is -0.120. The molecule has 0 unspecified atom stereocenters. The molecule has 18 heavy (non-hydrogen) atoms. The molecule has 1 aromatic rings. The summed E-state index contributed by atoms with van der Waals surface area (Å²) in [6, 6.07) is 1.86. The number of aryl methyl sites for hydroxylation is 1. The number of aromatic nitrogens is 2. The van der Waals surface area contributed by atoms with Crippen LogP contribution in [-0.2, 0) is 4.79 Å². The summed E-state index contributed by atoms with van der Waals surface area (Å²) in [4.78, 5) is 19.7. The van der Waals surface area contributed by atoms with E-state index >= 15 is 0 Å². The first-order valence-electron chi connectivity index (χ1n) is 6.19. The van der Waals surface area contributed by atoms with E-state index in [4.69, 9.17) is 0 Å². The number of anilines is 2. The van der Waals surface area contributed by atoms with E-state index in [9.17, 15) is 4.79 Å². The summed E-state index contributed by atoms with van der Waals surface area (Å²) in [6.07, 6.45) is 1.45. The molecule has 1 amide bonds. The van der Waals surface area contributed by atoms with Crippen molar-refractivity contribution in [3.05, 3.63) is 11.8 Å². The minimum absolute atomic E-state index is 0.0117. The third-order valence-corrected chi connectivity index (χ3v) is 2.32. The number of rotatable bonds is 7. The van der Waals surface area contributed by atoms with Crippen LogP contribution in [0.1, 0.15) is 25.5 Å². The molecule has 6 heteroatoms. The highest BCUT2D eigenvalue weighted by molar-refractivity contribution is 5.76. The van der Waals surface area contributed by atoms with Gasteiger partial charge in [-0.3, -0.25) is 4.79 Å². The second kappa shape index (κ2) is 7.47. The van der Waals surface area contributed by atoms with Crippen LogP contribution in [0.25, 0.3) is 0 Å². The molecule has 0 aliphatic heterocycles. The van der Waals surface area contributed by atoms with E-state index < -0.39 is 0 Å². The molecule has 0 atom stereocenters. The average Bonchev–Trinajstić information content (AvgIpc) is 2.35. The van der Waals surface area contributed by atoms with E-state index in [2.05, 4.69) is 32.8 Å². The van der Waals surface area contributed by atoms with Crippen LogP contribution in [0.2, 0.25) is 0 Å². The summed E-state index contributed by atoms with van der Waals surface area (Å²) in [7, 11) is 1.63. The highest BCUT2D eigenvalue weighted by atomic mass is 16.1. The minimum Gasteiger partial charge on any atom is -0.369 e. The van der Waals surface area contributed by atoms with Crippen molar-refractivity contribution in [2.45, 2.75) is 26.7 Å². The van der Waals surface area contributed by atoms with Crippen molar-refractivity contribution in [1.29, 1.82) is 0 Å². The molecular weight excluding hydrogens is 230 g/mol. The van der Waals surface area contributed by atoms with Gasteiger partial charge in [0.15, 0.2) is 0 Å². The largest absolute Gasteiger partial charge is 0.369 e. The van der Waals surface area contributed by atoms with Gasteiger partial charge in [0.25, 0.3) is 0 Å². The zero-order chi connectivity index (χ0) is 13.4. The quantitative estimate of drug-likeness (QED) is 0.677. The van der Waals surface area contributed by atoms with E-state index in [1.165, 1.54) is 0 Å². The Kier molecular flexibility index (Phi) is 5.90. The Morgan fingerprint density at radius 1 is 1.28 bits per heavy atom. The lowest BCUT2D eigenvalue weighted by Crippen LogP contribution is -2.21. The zero-order valence-electron chi connectivity index (χ0n) is 11.2. The predicted molar refractivity (Wildman–Crippen MR) is 72.7 cm³/mol.